The monoisotopic (exact) mass is 755 g/mol. The van der Waals surface area contributed by atoms with Gasteiger partial charge in [-0.25, -0.2) is 0 Å². The molecule has 0 aliphatic rings. The van der Waals surface area contributed by atoms with Gasteiger partial charge in [-0.3, -0.25) is 9.59 Å². The highest BCUT2D eigenvalue weighted by Gasteiger charge is 2.16. The van der Waals surface area contributed by atoms with E-state index in [0.717, 1.165) is 64.2 Å². The summed E-state index contributed by atoms with van der Waals surface area (Å²) >= 11 is 0. The Balaban J connectivity index is 3.58. The molecule has 5 nitrogen and oxygen atoms in total. The van der Waals surface area contributed by atoms with Crippen LogP contribution in [0.5, 0.6) is 0 Å². The summed E-state index contributed by atoms with van der Waals surface area (Å²) in [6.45, 7) is 4.09. The summed E-state index contributed by atoms with van der Waals surface area (Å²) in [6.07, 6.45) is 58.6. The van der Waals surface area contributed by atoms with Gasteiger partial charge in [0.15, 0.2) is 6.10 Å². The summed E-state index contributed by atoms with van der Waals surface area (Å²) in [5.74, 6) is -0.626. The van der Waals surface area contributed by atoms with Crippen molar-refractivity contribution in [2.24, 2.45) is 0 Å². The zero-order valence-corrected chi connectivity index (χ0v) is 35.5. The summed E-state index contributed by atoms with van der Waals surface area (Å²) in [5, 5.41) is 9.59. The van der Waals surface area contributed by atoms with Crippen LogP contribution in [0.4, 0.5) is 0 Å². The van der Waals surface area contributed by atoms with Crippen LogP contribution in [-0.2, 0) is 19.1 Å². The Morgan fingerprint density at radius 3 is 1.19 bits per heavy atom. The van der Waals surface area contributed by atoms with Crippen molar-refractivity contribution in [2.75, 3.05) is 13.2 Å². The fourth-order valence-corrected chi connectivity index (χ4v) is 6.30. The van der Waals surface area contributed by atoms with E-state index in [1.807, 2.05) is 0 Å². The second-order valence-electron chi connectivity index (χ2n) is 15.1. The molecule has 0 saturated carbocycles. The van der Waals surface area contributed by atoms with Gasteiger partial charge in [0.1, 0.15) is 6.61 Å². The molecule has 0 unspecified atom stereocenters. The lowest BCUT2D eigenvalue weighted by molar-refractivity contribution is -0.161. The molecule has 0 radical (unpaired) electrons. The van der Waals surface area contributed by atoms with Crippen LogP contribution in [0, 0.1) is 0 Å². The van der Waals surface area contributed by atoms with Crippen LogP contribution in [0.2, 0.25) is 0 Å². The van der Waals surface area contributed by atoms with Gasteiger partial charge < -0.3 is 14.6 Å². The summed E-state index contributed by atoms with van der Waals surface area (Å²) < 4.78 is 10.6. The number of aliphatic hydroxyl groups excluding tert-OH is 1. The second-order valence-corrected chi connectivity index (χ2v) is 15.1. The Bertz CT molecular complexity index is 946. The standard InChI is InChI=1S/C49H86O5/c1-3-5-7-9-11-13-15-17-19-21-23-24-26-28-30-32-34-36-38-40-42-44-49(52)54-47(45-50)46-53-48(51)43-41-39-37-35-33-31-29-27-25-22-20-18-16-14-12-10-8-6-4-2/h12,14,17-20,25,27,31,33,47,50H,3-11,13,15-16,21-24,26,28-30,32,34-46H2,1-2H3/b14-12+,19-17+,20-18+,27-25+,33-31+/t47-/m0/s1. The third kappa shape index (κ3) is 42.3. The van der Waals surface area contributed by atoms with Gasteiger partial charge in [0.05, 0.1) is 6.61 Å². The Hall–Kier alpha value is -2.40. The van der Waals surface area contributed by atoms with Crippen molar-refractivity contribution in [3.8, 4) is 0 Å². The molecule has 0 aliphatic carbocycles. The molecule has 0 fully saturated rings. The Morgan fingerprint density at radius 2 is 0.741 bits per heavy atom. The molecule has 312 valence electrons. The normalized spacial score (nSPS) is 12.7. The number of hydrogen-bond donors (Lipinski definition) is 1. The van der Waals surface area contributed by atoms with Crippen molar-refractivity contribution in [3.05, 3.63) is 60.8 Å². The highest BCUT2D eigenvalue weighted by molar-refractivity contribution is 5.70. The molecule has 0 aromatic carbocycles. The fourth-order valence-electron chi connectivity index (χ4n) is 6.30. The minimum Gasteiger partial charge on any atom is -0.462 e. The fraction of sp³-hybridized carbons (Fsp3) is 0.755. The topological polar surface area (TPSA) is 72.8 Å². The molecule has 0 bridgehead atoms. The predicted octanol–water partition coefficient (Wildman–Crippen LogP) is 14.7. The van der Waals surface area contributed by atoms with Gasteiger partial charge in [0.25, 0.3) is 0 Å². The first kappa shape index (κ1) is 51.6. The van der Waals surface area contributed by atoms with Crippen molar-refractivity contribution in [1.82, 2.24) is 0 Å². The van der Waals surface area contributed by atoms with Crippen molar-refractivity contribution < 1.29 is 24.2 Å². The molecule has 0 amide bonds. The molecular formula is C49H86O5. The lowest BCUT2D eigenvalue weighted by Gasteiger charge is -2.15. The molecule has 0 rings (SSSR count). The summed E-state index contributed by atoms with van der Waals surface area (Å²) in [6, 6.07) is 0. The van der Waals surface area contributed by atoms with Crippen LogP contribution in [0.3, 0.4) is 0 Å². The molecule has 0 saturated heterocycles. The van der Waals surface area contributed by atoms with Crippen LogP contribution >= 0.6 is 0 Å². The van der Waals surface area contributed by atoms with Crippen LogP contribution in [0.15, 0.2) is 60.8 Å². The van der Waals surface area contributed by atoms with Gasteiger partial charge in [0, 0.05) is 12.8 Å². The highest BCUT2D eigenvalue weighted by atomic mass is 16.6. The number of ether oxygens (including phenoxy) is 2. The van der Waals surface area contributed by atoms with E-state index in [9.17, 15) is 14.7 Å². The van der Waals surface area contributed by atoms with Gasteiger partial charge in [-0.15, -0.1) is 0 Å². The van der Waals surface area contributed by atoms with Gasteiger partial charge >= 0.3 is 11.9 Å². The maximum atomic E-state index is 12.2. The SMILES string of the molecule is CCCCC/C=C/C/C=C/C/C=C/C/C=C/CCCCCC(=O)OC[C@H](CO)OC(=O)CCCCCCCCCCCCC/C=C/CCCCCCCC. The molecular weight excluding hydrogens is 669 g/mol. The van der Waals surface area contributed by atoms with Crippen LogP contribution in [-0.4, -0.2) is 36.4 Å². The third-order valence-electron chi connectivity index (χ3n) is 9.78. The zero-order valence-electron chi connectivity index (χ0n) is 35.5. The van der Waals surface area contributed by atoms with E-state index < -0.39 is 6.10 Å². The van der Waals surface area contributed by atoms with Crippen LogP contribution < -0.4 is 0 Å². The third-order valence-corrected chi connectivity index (χ3v) is 9.78. The minimum atomic E-state index is -0.787. The first-order chi connectivity index (χ1) is 26.6. The van der Waals surface area contributed by atoms with E-state index >= 15 is 0 Å². The molecule has 0 aromatic rings. The van der Waals surface area contributed by atoms with E-state index in [4.69, 9.17) is 9.47 Å². The average molecular weight is 755 g/mol. The lowest BCUT2D eigenvalue weighted by Crippen LogP contribution is -2.28. The van der Waals surface area contributed by atoms with Gasteiger partial charge in [-0.2, -0.15) is 0 Å². The Morgan fingerprint density at radius 1 is 0.426 bits per heavy atom. The minimum absolute atomic E-state index is 0.0837. The lowest BCUT2D eigenvalue weighted by atomic mass is 10.0. The largest absolute Gasteiger partial charge is 0.462 e. The molecule has 54 heavy (non-hydrogen) atoms. The number of carbonyl (C=O) groups excluding carboxylic acids is 2. The summed E-state index contributed by atoms with van der Waals surface area (Å²) in [5.41, 5.74) is 0. The number of carbonyl (C=O) groups is 2. The molecule has 0 aromatic heterocycles. The zero-order chi connectivity index (χ0) is 39.3. The maximum absolute atomic E-state index is 12.2. The van der Waals surface area contributed by atoms with Gasteiger partial charge in [0.2, 0.25) is 0 Å². The van der Waals surface area contributed by atoms with Crippen molar-refractivity contribution in [1.29, 1.82) is 0 Å². The quantitative estimate of drug-likeness (QED) is 0.0382. The smallest absolute Gasteiger partial charge is 0.306 e. The number of allylic oxidation sites excluding steroid dienone is 10. The molecule has 0 heterocycles. The van der Waals surface area contributed by atoms with Crippen molar-refractivity contribution >= 4 is 11.9 Å². The Labute approximate surface area is 334 Å². The summed E-state index contributed by atoms with van der Waals surface area (Å²) in [4.78, 5) is 24.4. The molecule has 5 heteroatoms. The van der Waals surface area contributed by atoms with Crippen LogP contribution in [0.1, 0.15) is 219 Å². The number of rotatable bonds is 41. The van der Waals surface area contributed by atoms with E-state index in [2.05, 4.69) is 74.6 Å². The van der Waals surface area contributed by atoms with E-state index in [1.54, 1.807) is 0 Å². The first-order valence-electron chi connectivity index (χ1n) is 22.8. The number of aliphatic hydroxyl groups is 1. The molecule has 0 aliphatic heterocycles. The highest BCUT2D eigenvalue weighted by Crippen LogP contribution is 2.14. The van der Waals surface area contributed by atoms with Crippen molar-refractivity contribution in [2.45, 2.75) is 225 Å². The maximum Gasteiger partial charge on any atom is 0.306 e. The molecule has 1 atom stereocenters. The summed E-state index contributed by atoms with van der Waals surface area (Å²) in [7, 11) is 0. The predicted molar refractivity (Wildman–Crippen MR) is 233 cm³/mol. The van der Waals surface area contributed by atoms with E-state index in [0.29, 0.717) is 12.8 Å². The molecule has 1 N–H and O–H groups in total. The molecule has 0 spiro atoms. The Kier molecular flexibility index (Phi) is 43.0. The van der Waals surface area contributed by atoms with Gasteiger partial charge in [-0.1, -0.05) is 184 Å². The second kappa shape index (κ2) is 45.0. The average Bonchev–Trinajstić information content (AvgIpc) is 3.17. The van der Waals surface area contributed by atoms with Gasteiger partial charge in [-0.05, 0) is 83.5 Å². The van der Waals surface area contributed by atoms with E-state index in [1.165, 1.54) is 128 Å². The number of esters is 2. The first-order valence-corrected chi connectivity index (χ1v) is 22.8. The number of hydrogen-bond acceptors (Lipinski definition) is 5. The van der Waals surface area contributed by atoms with E-state index in [-0.39, 0.29) is 25.2 Å². The van der Waals surface area contributed by atoms with Crippen molar-refractivity contribution in [3.63, 3.8) is 0 Å². The number of unbranched alkanes of at least 4 members (excludes halogenated alkanes) is 23. The van der Waals surface area contributed by atoms with Crippen LogP contribution in [0.25, 0.3) is 0 Å².